The van der Waals surface area contributed by atoms with Crippen molar-refractivity contribution in [1.29, 1.82) is 0 Å². The average molecular weight is 324 g/mol. The number of ether oxygens (including phenoxy) is 1. The Kier molecular flexibility index (Phi) is 5.92. The molecule has 2 N–H and O–H groups in total. The molecule has 0 radical (unpaired) electrons. The molecule has 0 amide bonds. The van der Waals surface area contributed by atoms with Crippen molar-refractivity contribution in [1.82, 2.24) is 0 Å². The van der Waals surface area contributed by atoms with Crippen molar-refractivity contribution in [3.05, 3.63) is 63.6 Å². The van der Waals surface area contributed by atoms with Crippen LogP contribution in [0.15, 0.2) is 42.5 Å². The molecule has 0 fully saturated rings. The zero-order chi connectivity index (χ0) is 15.2. The van der Waals surface area contributed by atoms with Gasteiger partial charge in [-0.15, -0.1) is 0 Å². The van der Waals surface area contributed by atoms with Gasteiger partial charge in [-0.1, -0.05) is 41.4 Å². The average Bonchev–Trinajstić information content (AvgIpc) is 2.49. The summed E-state index contributed by atoms with van der Waals surface area (Å²) < 4.78 is 5.46. The van der Waals surface area contributed by atoms with Crippen LogP contribution in [0.3, 0.4) is 0 Å². The van der Waals surface area contributed by atoms with Crippen molar-refractivity contribution in [3.63, 3.8) is 0 Å². The van der Waals surface area contributed by atoms with Gasteiger partial charge in [-0.25, -0.2) is 0 Å². The van der Waals surface area contributed by atoms with Gasteiger partial charge in [0.1, 0.15) is 5.75 Å². The monoisotopic (exact) mass is 323 g/mol. The Morgan fingerprint density at radius 3 is 2.38 bits per heavy atom. The van der Waals surface area contributed by atoms with Crippen LogP contribution < -0.4 is 10.5 Å². The van der Waals surface area contributed by atoms with E-state index < -0.39 is 0 Å². The predicted molar refractivity (Wildman–Crippen MR) is 89.6 cm³/mol. The molecule has 1 atom stereocenters. The highest BCUT2D eigenvalue weighted by Crippen LogP contribution is 2.30. The van der Waals surface area contributed by atoms with Crippen LogP contribution in [0.4, 0.5) is 0 Å². The first-order valence-corrected chi connectivity index (χ1v) is 7.76. The van der Waals surface area contributed by atoms with Gasteiger partial charge in [0.15, 0.2) is 0 Å². The van der Waals surface area contributed by atoms with E-state index in [1.165, 1.54) is 5.56 Å². The van der Waals surface area contributed by atoms with Gasteiger partial charge in [0, 0.05) is 10.9 Å². The predicted octanol–water partition coefficient (Wildman–Crippen LogP) is 4.68. The van der Waals surface area contributed by atoms with E-state index in [0.717, 1.165) is 17.0 Å². The van der Waals surface area contributed by atoms with E-state index in [1.807, 2.05) is 49.4 Å². The number of benzene rings is 2. The molecule has 0 aliphatic heterocycles. The van der Waals surface area contributed by atoms with Gasteiger partial charge in [0.05, 0.1) is 11.6 Å². The highest BCUT2D eigenvalue weighted by atomic mass is 35.5. The van der Waals surface area contributed by atoms with Crippen LogP contribution in [0.1, 0.15) is 24.0 Å². The summed E-state index contributed by atoms with van der Waals surface area (Å²) >= 11 is 12.2. The molecule has 2 rings (SSSR count). The number of rotatable bonds is 6. The van der Waals surface area contributed by atoms with Gasteiger partial charge in [0.2, 0.25) is 0 Å². The molecule has 0 bridgehead atoms. The minimum absolute atomic E-state index is 0.222. The zero-order valence-electron chi connectivity index (χ0n) is 12.0. The van der Waals surface area contributed by atoms with E-state index in [2.05, 4.69) is 0 Å². The molecule has 0 heterocycles. The minimum Gasteiger partial charge on any atom is -0.492 e. The number of hydrogen-bond acceptors (Lipinski definition) is 2. The largest absolute Gasteiger partial charge is 0.492 e. The van der Waals surface area contributed by atoms with Crippen molar-refractivity contribution in [2.45, 2.75) is 19.3 Å². The molecule has 0 spiro atoms. The lowest BCUT2D eigenvalue weighted by Gasteiger charge is -2.17. The first-order chi connectivity index (χ1) is 10.1. The van der Waals surface area contributed by atoms with Crippen molar-refractivity contribution in [2.75, 3.05) is 13.2 Å². The molecule has 21 heavy (non-hydrogen) atoms. The molecular weight excluding hydrogens is 305 g/mol. The molecule has 4 heteroatoms. The first-order valence-electron chi connectivity index (χ1n) is 7.00. The van der Waals surface area contributed by atoms with Gasteiger partial charge in [-0.05, 0) is 55.3 Å². The molecule has 2 aromatic carbocycles. The van der Waals surface area contributed by atoms with Gasteiger partial charge in [-0.2, -0.15) is 0 Å². The Balaban J connectivity index is 2.17. The summed E-state index contributed by atoms with van der Waals surface area (Å²) in [6.45, 7) is 3.10. The number of hydrogen-bond donors (Lipinski definition) is 1. The van der Waals surface area contributed by atoms with Gasteiger partial charge in [0.25, 0.3) is 0 Å². The summed E-state index contributed by atoms with van der Waals surface area (Å²) in [4.78, 5) is 0. The van der Waals surface area contributed by atoms with E-state index in [9.17, 15) is 0 Å². The number of halogens is 2. The highest BCUT2D eigenvalue weighted by molar-refractivity contribution is 6.32. The van der Waals surface area contributed by atoms with Gasteiger partial charge in [-0.3, -0.25) is 0 Å². The van der Waals surface area contributed by atoms with Crippen LogP contribution in [0.2, 0.25) is 10.0 Å². The molecule has 2 nitrogen and oxygen atoms in total. The number of nitrogens with two attached hydrogens (primary N) is 1. The van der Waals surface area contributed by atoms with Crippen LogP contribution in [-0.4, -0.2) is 13.2 Å². The fourth-order valence-corrected chi connectivity index (χ4v) is 2.66. The molecule has 112 valence electrons. The Labute approximate surface area is 135 Å². The van der Waals surface area contributed by atoms with E-state index >= 15 is 0 Å². The summed E-state index contributed by atoms with van der Waals surface area (Å²) in [6.07, 6.45) is 0.859. The summed E-state index contributed by atoms with van der Waals surface area (Å²) in [5, 5.41) is 1.37. The van der Waals surface area contributed by atoms with Crippen molar-refractivity contribution in [2.24, 2.45) is 5.73 Å². The summed E-state index contributed by atoms with van der Waals surface area (Å²) in [5.41, 5.74) is 8.26. The smallest absolute Gasteiger partial charge is 0.137 e. The Morgan fingerprint density at radius 1 is 1.10 bits per heavy atom. The Bertz CT molecular complexity index is 584. The third-order valence-corrected chi connectivity index (χ3v) is 3.95. The third kappa shape index (κ3) is 4.37. The van der Waals surface area contributed by atoms with Crippen molar-refractivity contribution in [3.8, 4) is 5.75 Å². The molecule has 2 aromatic rings. The fourth-order valence-electron chi connectivity index (χ4n) is 2.29. The van der Waals surface area contributed by atoms with Crippen LogP contribution in [0, 0.1) is 0 Å². The topological polar surface area (TPSA) is 35.2 Å². The molecule has 1 unspecified atom stereocenters. The standard InChI is InChI=1S/C17H19Cl2NO/c1-2-21-17-8-5-13(10-16(17)19)14(11-20)9-12-3-6-15(18)7-4-12/h3-8,10,14H,2,9,11,20H2,1H3. The highest BCUT2D eigenvalue weighted by Gasteiger charge is 2.13. The van der Waals surface area contributed by atoms with E-state index in [1.54, 1.807) is 0 Å². The van der Waals surface area contributed by atoms with E-state index in [4.69, 9.17) is 33.7 Å². The van der Waals surface area contributed by atoms with Gasteiger partial charge >= 0.3 is 0 Å². The maximum Gasteiger partial charge on any atom is 0.137 e. The molecular formula is C17H19Cl2NO. The minimum atomic E-state index is 0.222. The maximum absolute atomic E-state index is 6.25. The van der Waals surface area contributed by atoms with Crippen LogP contribution in [-0.2, 0) is 6.42 Å². The second kappa shape index (κ2) is 7.69. The molecule has 0 saturated heterocycles. The second-order valence-corrected chi connectivity index (χ2v) is 5.73. The normalized spacial score (nSPS) is 12.2. The molecule has 0 saturated carbocycles. The molecule has 0 aliphatic rings. The lowest BCUT2D eigenvalue weighted by atomic mass is 9.92. The Hall–Kier alpha value is -1.22. The van der Waals surface area contributed by atoms with Crippen LogP contribution >= 0.6 is 23.2 Å². The molecule has 0 aromatic heterocycles. The summed E-state index contributed by atoms with van der Waals surface area (Å²) in [7, 11) is 0. The first kappa shape index (κ1) is 16.2. The lowest BCUT2D eigenvalue weighted by Crippen LogP contribution is -2.15. The summed E-state index contributed by atoms with van der Waals surface area (Å²) in [6, 6.07) is 13.7. The molecule has 0 aliphatic carbocycles. The van der Waals surface area contributed by atoms with E-state index in [-0.39, 0.29) is 5.92 Å². The quantitative estimate of drug-likeness (QED) is 0.837. The summed E-state index contributed by atoms with van der Waals surface area (Å²) in [5.74, 6) is 0.935. The van der Waals surface area contributed by atoms with E-state index in [0.29, 0.717) is 23.9 Å². The van der Waals surface area contributed by atoms with Crippen LogP contribution in [0.25, 0.3) is 0 Å². The van der Waals surface area contributed by atoms with Gasteiger partial charge < -0.3 is 10.5 Å². The second-order valence-electron chi connectivity index (χ2n) is 4.89. The maximum atomic E-state index is 6.25. The zero-order valence-corrected chi connectivity index (χ0v) is 13.5. The fraction of sp³-hybridized carbons (Fsp3) is 0.294. The Morgan fingerprint density at radius 2 is 1.81 bits per heavy atom. The van der Waals surface area contributed by atoms with Crippen LogP contribution in [0.5, 0.6) is 5.75 Å². The third-order valence-electron chi connectivity index (χ3n) is 3.41. The SMILES string of the molecule is CCOc1ccc(C(CN)Cc2ccc(Cl)cc2)cc1Cl. The van der Waals surface area contributed by atoms with Crippen molar-refractivity contribution < 1.29 is 4.74 Å². The van der Waals surface area contributed by atoms with Crippen molar-refractivity contribution >= 4 is 23.2 Å². The lowest BCUT2D eigenvalue weighted by molar-refractivity contribution is 0.340.